The molecular formula is C18H22N2O2. The van der Waals surface area contributed by atoms with Crippen molar-refractivity contribution < 1.29 is 9.84 Å². The van der Waals surface area contributed by atoms with Crippen LogP contribution in [0.5, 0.6) is 5.75 Å². The smallest absolute Gasteiger partial charge is 0.119 e. The molecule has 1 aliphatic rings. The zero-order valence-electron chi connectivity index (χ0n) is 12.8. The van der Waals surface area contributed by atoms with E-state index in [1.807, 2.05) is 30.3 Å². The van der Waals surface area contributed by atoms with Crippen LogP contribution in [0.1, 0.15) is 24.5 Å². The molecule has 0 aliphatic carbocycles. The lowest BCUT2D eigenvalue weighted by Gasteiger charge is -2.32. The summed E-state index contributed by atoms with van der Waals surface area (Å²) in [4.78, 5) is 4.37. The van der Waals surface area contributed by atoms with E-state index >= 15 is 0 Å². The summed E-state index contributed by atoms with van der Waals surface area (Å²) in [5.74, 6) is 1.27. The van der Waals surface area contributed by atoms with Gasteiger partial charge < -0.3 is 15.2 Å². The van der Waals surface area contributed by atoms with Gasteiger partial charge >= 0.3 is 0 Å². The highest BCUT2D eigenvalue weighted by molar-refractivity contribution is 5.83. The fourth-order valence-corrected chi connectivity index (χ4v) is 3.12. The first kappa shape index (κ1) is 15.0. The molecule has 1 aliphatic heterocycles. The number of ether oxygens (including phenoxy) is 1. The van der Waals surface area contributed by atoms with Gasteiger partial charge in [-0.05, 0) is 48.6 Å². The lowest BCUT2D eigenvalue weighted by Crippen LogP contribution is -2.42. The molecule has 0 radical (unpaired) electrons. The molecule has 1 fully saturated rings. The molecule has 1 aromatic heterocycles. The Bertz CT molecular complexity index is 663. The van der Waals surface area contributed by atoms with Crippen molar-refractivity contribution in [2.24, 2.45) is 5.92 Å². The van der Waals surface area contributed by atoms with Crippen molar-refractivity contribution in [3.63, 3.8) is 0 Å². The number of hydrogen-bond acceptors (Lipinski definition) is 4. The molecule has 0 unspecified atom stereocenters. The zero-order valence-corrected chi connectivity index (χ0v) is 12.8. The molecular weight excluding hydrogens is 276 g/mol. The largest absolute Gasteiger partial charge is 0.497 e. The zero-order chi connectivity index (χ0) is 15.5. The third-order valence-electron chi connectivity index (χ3n) is 4.51. The fraction of sp³-hybridized carbons (Fsp3) is 0.389. The van der Waals surface area contributed by atoms with Gasteiger partial charge in [-0.25, -0.2) is 0 Å². The number of piperidine rings is 1. The first-order valence-corrected chi connectivity index (χ1v) is 7.69. The summed E-state index contributed by atoms with van der Waals surface area (Å²) >= 11 is 0. The number of nitrogens with one attached hydrogen (secondary N) is 1. The summed E-state index contributed by atoms with van der Waals surface area (Å²) in [5, 5.41) is 15.2. The number of fused-ring (bicyclic) bond motifs is 1. The van der Waals surface area contributed by atoms with Crippen molar-refractivity contribution in [1.82, 2.24) is 10.3 Å². The van der Waals surface area contributed by atoms with Gasteiger partial charge in [-0.2, -0.15) is 0 Å². The first-order valence-electron chi connectivity index (χ1n) is 7.69. The van der Waals surface area contributed by atoms with E-state index in [1.54, 1.807) is 13.3 Å². The molecule has 1 aromatic carbocycles. The predicted molar refractivity (Wildman–Crippen MR) is 88.0 cm³/mol. The van der Waals surface area contributed by atoms with Gasteiger partial charge in [-0.15, -0.1) is 6.58 Å². The van der Waals surface area contributed by atoms with Gasteiger partial charge in [-0.3, -0.25) is 4.98 Å². The molecule has 22 heavy (non-hydrogen) atoms. The van der Waals surface area contributed by atoms with Crippen LogP contribution in [0.15, 0.2) is 43.1 Å². The molecule has 0 spiro atoms. The van der Waals surface area contributed by atoms with E-state index in [0.29, 0.717) is 5.92 Å². The number of methoxy groups -OCH3 is 1. The van der Waals surface area contributed by atoms with Crippen molar-refractivity contribution in [3.05, 3.63) is 48.7 Å². The van der Waals surface area contributed by atoms with Crippen LogP contribution in [0, 0.1) is 5.92 Å². The third kappa shape index (κ3) is 2.85. The summed E-state index contributed by atoms with van der Waals surface area (Å²) in [6, 6.07) is 7.71. The Morgan fingerprint density at radius 3 is 2.95 bits per heavy atom. The van der Waals surface area contributed by atoms with Crippen molar-refractivity contribution in [2.75, 3.05) is 13.7 Å². The standard InChI is InChI=1S/C18H22N2O2/c1-3-12-4-6-17(20-11-12)18(21)14-8-9-19-16-7-5-13(22-2)10-15(14)16/h3,5,7-10,12,17-18,20-21H,1,4,6,11H2,2H3/t12-,17-,18+/m1/s1. The molecule has 2 N–H and O–H groups in total. The lowest BCUT2D eigenvalue weighted by atomic mass is 9.89. The molecule has 3 atom stereocenters. The topological polar surface area (TPSA) is 54.4 Å². The quantitative estimate of drug-likeness (QED) is 0.852. The number of pyridine rings is 1. The molecule has 1 saturated heterocycles. The Morgan fingerprint density at radius 1 is 1.41 bits per heavy atom. The van der Waals surface area contributed by atoms with Gasteiger partial charge in [0, 0.05) is 24.2 Å². The molecule has 4 heteroatoms. The summed E-state index contributed by atoms with van der Waals surface area (Å²) in [6.07, 6.45) is 5.18. The fourth-order valence-electron chi connectivity index (χ4n) is 3.12. The van der Waals surface area contributed by atoms with Gasteiger partial charge in [0.15, 0.2) is 0 Å². The summed E-state index contributed by atoms with van der Waals surface area (Å²) in [5.41, 5.74) is 1.77. The van der Waals surface area contributed by atoms with E-state index in [-0.39, 0.29) is 6.04 Å². The first-order chi connectivity index (χ1) is 10.7. The van der Waals surface area contributed by atoms with Crippen LogP contribution in [0.25, 0.3) is 10.9 Å². The minimum absolute atomic E-state index is 0.0630. The number of aromatic nitrogens is 1. The SMILES string of the molecule is C=C[C@@H]1CC[C@H]([C@@H](O)c2ccnc3ccc(OC)cc23)NC1. The molecule has 2 heterocycles. The minimum Gasteiger partial charge on any atom is -0.497 e. The monoisotopic (exact) mass is 298 g/mol. The molecule has 2 aromatic rings. The highest BCUT2D eigenvalue weighted by Crippen LogP contribution is 2.31. The maximum absolute atomic E-state index is 10.8. The van der Waals surface area contributed by atoms with Gasteiger partial charge in [0.25, 0.3) is 0 Å². The second kappa shape index (κ2) is 6.46. The Balaban J connectivity index is 1.90. The maximum Gasteiger partial charge on any atom is 0.119 e. The Labute approximate surface area is 130 Å². The Kier molecular flexibility index (Phi) is 4.41. The van der Waals surface area contributed by atoms with Crippen LogP contribution in [0.3, 0.4) is 0 Å². The predicted octanol–water partition coefficient (Wildman–Crippen LogP) is 2.83. The van der Waals surface area contributed by atoms with Crippen molar-refractivity contribution in [1.29, 1.82) is 0 Å². The number of aliphatic hydroxyl groups is 1. The summed E-state index contributed by atoms with van der Waals surface area (Å²) < 4.78 is 5.30. The van der Waals surface area contributed by atoms with Gasteiger partial charge in [0.05, 0.1) is 18.7 Å². The second-order valence-electron chi connectivity index (χ2n) is 5.82. The van der Waals surface area contributed by atoms with Crippen LogP contribution < -0.4 is 10.1 Å². The highest BCUT2D eigenvalue weighted by Gasteiger charge is 2.27. The number of hydrogen-bond donors (Lipinski definition) is 2. The van der Waals surface area contributed by atoms with E-state index in [0.717, 1.165) is 41.6 Å². The van der Waals surface area contributed by atoms with E-state index in [2.05, 4.69) is 16.9 Å². The second-order valence-corrected chi connectivity index (χ2v) is 5.82. The Hall–Kier alpha value is -1.91. The Morgan fingerprint density at radius 2 is 2.27 bits per heavy atom. The summed E-state index contributed by atoms with van der Waals surface area (Å²) in [7, 11) is 1.64. The average Bonchev–Trinajstić information content (AvgIpc) is 2.60. The number of rotatable bonds is 4. The van der Waals surface area contributed by atoms with Gasteiger partial charge in [0.2, 0.25) is 0 Å². The molecule has 4 nitrogen and oxygen atoms in total. The third-order valence-corrected chi connectivity index (χ3v) is 4.51. The normalized spacial score (nSPS) is 23.2. The van der Waals surface area contributed by atoms with Crippen molar-refractivity contribution in [3.8, 4) is 5.75 Å². The van der Waals surface area contributed by atoms with E-state index in [4.69, 9.17) is 4.74 Å². The molecule has 0 saturated carbocycles. The van der Waals surface area contributed by atoms with Crippen LogP contribution in [0.4, 0.5) is 0 Å². The van der Waals surface area contributed by atoms with E-state index in [9.17, 15) is 5.11 Å². The van der Waals surface area contributed by atoms with Crippen LogP contribution in [-0.2, 0) is 0 Å². The average molecular weight is 298 g/mol. The van der Waals surface area contributed by atoms with Gasteiger partial charge in [0.1, 0.15) is 5.75 Å². The highest BCUT2D eigenvalue weighted by atomic mass is 16.5. The minimum atomic E-state index is -0.552. The van der Waals surface area contributed by atoms with E-state index < -0.39 is 6.10 Å². The number of benzene rings is 1. The van der Waals surface area contributed by atoms with Gasteiger partial charge in [-0.1, -0.05) is 6.08 Å². The summed E-state index contributed by atoms with van der Waals surface area (Å²) in [6.45, 7) is 4.72. The number of aliphatic hydroxyl groups excluding tert-OH is 1. The molecule has 116 valence electrons. The van der Waals surface area contributed by atoms with Crippen LogP contribution >= 0.6 is 0 Å². The maximum atomic E-state index is 10.8. The van der Waals surface area contributed by atoms with Crippen LogP contribution in [0.2, 0.25) is 0 Å². The van der Waals surface area contributed by atoms with Crippen LogP contribution in [-0.4, -0.2) is 29.8 Å². The molecule has 0 bridgehead atoms. The van der Waals surface area contributed by atoms with E-state index in [1.165, 1.54) is 0 Å². The molecule has 0 amide bonds. The lowest BCUT2D eigenvalue weighted by molar-refractivity contribution is 0.109. The van der Waals surface area contributed by atoms with Crippen molar-refractivity contribution >= 4 is 10.9 Å². The van der Waals surface area contributed by atoms with Crippen molar-refractivity contribution in [2.45, 2.75) is 25.0 Å². The molecule has 3 rings (SSSR count). The number of nitrogens with zero attached hydrogens (tertiary/aromatic N) is 1.